The second-order valence-corrected chi connectivity index (χ2v) is 8.88. The first kappa shape index (κ1) is 18.7. The second-order valence-electron chi connectivity index (χ2n) is 7.66. The van der Waals surface area contributed by atoms with Crippen molar-refractivity contribution in [3.05, 3.63) is 51.5 Å². The van der Waals surface area contributed by atoms with Crippen LogP contribution in [-0.4, -0.2) is 39.2 Å². The third-order valence-electron chi connectivity index (χ3n) is 5.82. The number of nitrogens with zero attached hydrogens (tertiary/aromatic N) is 2. The number of benzene rings is 1. The average molecular weight is 384 g/mol. The second kappa shape index (κ2) is 8.13. The highest BCUT2D eigenvalue weighted by Crippen LogP contribution is 2.38. The number of aryl methyl sites for hydroxylation is 1. The van der Waals surface area contributed by atoms with Crippen LogP contribution in [0.5, 0.6) is 0 Å². The molecule has 0 saturated carbocycles. The van der Waals surface area contributed by atoms with Gasteiger partial charge in [0.25, 0.3) is 0 Å². The summed E-state index contributed by atoms with van der Waals surface area (Å²) in [6.45, 7) is 6.79. The van der Waals surface area contributed by atoms with Gasteiger partial charge in [-0.05, 0) is 62.4 Å². The molecule has 0 bridgehead atoms. The minimum atomic E-state index is 0.247. The maximum atomic E-state index is 9.43. The zero-order chi connectivity index (χ0) is 18.8. The van der Waals surface area contributed by atoms with E-state index in [0.29, 0.717) is 12.0 Å². The van der Waals surface area contributed by atoms with Crippen LogP contribution in [0, 0.1) is 0 Å². The predicted molar refractivity (Wildman–Crippen MR) is 112 cm³/mol. The molecular weight excluding hydrogens is 354 g/mol. The van der Waals surface area contributed by atoms with E-state index < -0.39 is 0 Å². The summed E-state index contributed by atoms with van der Waals surface area (Å²) in [6, 6.07) is 11.2. The Morgan fingerprint density at radius 3 is 2.93 bits per heavy atom. The first-order valence-corrected chi connectivity index (χ1v) is 10.9. The van der Waals surface area contributed by atoms with E-state index in [0.717, 1.165) is 42.8 Å². The number of piperidine rings is 1. The number of fused-ring (bicyclic) bond motifs is 1. The minimum absolute atomic E-state index is 0.247. The molecule has 0 amide bonds. The fraction of sp³-hybridized carbons (Fsp3) is 0.500. The fourth-order valence-electron chi connectivity index (χ4n) is 4.33. The van der Waals surface area contributed by atoms with E-state index in [-0.39, 0.29) is 6.61 Å². The highest BCUT2D eigenvalue weighted by molar-refractivity contribution is 7.12. The predicted octanol–water partition coefficient (Wildman–Crippen LogP) is 4.49. The van der Waals surface area contributed by atoms with Crippen LogP contribution >= 0.6 is 11.3 Å². The van der Waals surface area contributed by atoms with Gasteiger partial charge >= 0.3 is 0 Å². The van der Waals surface area contributed by atoms with Gasteiger partial charge in [0.15, 0.2) is 0 Å². The average Bonchev–Trinajstić information content (AvgIpc) is 3.27. The molecule has 2 unspecified atom stereocenters. The number of aliphatic hydroxyl groups excluding tert-OH is 1. The molecule has 27 heavy (non-hydrogen) atoms. The van der Waals surface area contributed by atoms with Gasteiger partial charge in [-0.2, -0.15) is 0 Å². The van der Waals surface area contributed by atoms with Crippen LogP contribution in [0.3, 0.4) is 0 Å². The lowest BCUT2D eigenvalue weighted by Crippen LogP contribution is -2.39. The fourth-order valence-corrected chi connectivity index (χ4v) is 5.51. The van der Waals surface area contributed by atoms with E-state index in [1.165, 1.54) is 28.2 Å². The van der Waals surface area contributed by atoms with Gasteiger partial charge < -0.3 is 10.1 Å². The van der Waals surface area contributed by atoms with Crippen molar-refractivity contribution in [1.29, 1.82) is 0 Å². The normalized spacial score (nSPS) is 21.1. The van der Waals surface area contributed by atoms with Crippen molar-refractivity contribution in [2.24, 2.45) is 0 Å². The van der Waals surface area contributed by atoms with Crippen molar-refractivity contribution < 1.29 is 5.11 Å². The topological polar surface area (TPSA) is 52.2 Å². The summed E-state index contributed by atoms with van der Waals surface area (Å²) in [5.41, 5.74) is 3.67. The molecule has 1 aliphatic rings. The molecule has 2 aromatic heterocycles. The summed E-state index contributed by atoms with van der Waals surface area (Å²) in [6.07, 6.45) is 4.25. The number of nitrogens with one attached hydrogen (secondary N) is 1. The molecule has 5 heteroatoms. The number of rotatable bonds is 6. The number of likely N-dealkylation sites (tertiary alicyclic amines) is 1. The molecule has 4 rings (SSSR count). The summed E-state index contributed by atoms with van der Waals surface area (Å²) in [5, 5.41) is 9.43. The Morgan fingerprint density at radius 1 is 1.33 bits per heavy atom. The number of hydrogen-bond donors (Lipinski definition) is 2. The van der Waals surface area contributed by atoms with Crippen molar-refractivity contribution in [2.75, 3.05) is 13.2 Å². The lowest BCUT2D eigenvalue weighted by Gasteiger charge is -2.37. The lowest BCUT2D eigenvalue weighted by atomic mass is 9.85. The molecule has 1 aliphatic heterocycles. The van der Waals surface area contributed by atoms with Crippen molar-refractivity contribution in [3.63, 3.8) is 0 Å². The Bertz CT molecular complexity index is 867. The highest BCUT2D eigenvalue weighted by atomic mass is 32.1. The Kier molecular flexibility index (Phi) is 5.62. The molecular formula is C22H29N3OS. The third kappa shape index (κ3) is 3.96. The zero-order valence-corrected chi connectivity index (χ0v) is 17.1. The molecule has 4 nitrogen and oxygen atoms in total. The maximum Gasteiger partial charge on any atom is 0.121 e. The first-order chi connectivity index (χ1) is 13.2. The Labute approximate surface area is 165 Å². The van der Waals surface area contributed by atoms with E-state index in [1.54, 1.807) is 0 Å². The quantitative estimate of drug-likeness (QED) is 0.659. The molecule has 144 valence electrons. The molecule has 3 aromatic rings. The summed E-state index contributed by atoms with van der Waals surface area (Å²) < 4.78 is 0. The van der Waals surface area contributed by atoms with Gasteiger partial charge in [0.05, 0.1) is 17.6 Å². The van der Waals surface area contributed by atoms with Crippen LogP contribution in [0.4, 0.5) is 0 Å². The summed E-state index contributed by atoms with van der Waals surface area (Å²) in [4.78, 5) is 13.6. The number of aromatic amines is 1. The van der Waals surface area contributed by atoms with Crippen LogP contribution < -0.4 is 0 Å². The smallest absolute Gasteiger partial charge is 0.121 e. The molecule has 3 heterocycles. The number of aromatic nitrogens is 2. The summed E-state index contributed by atoms with van der Waals surface area (Å²) >= 11 is 1.90. The lowest BCUT2D eigenvalue weighted by molar-refractivity contribution is 0.135. The number of thiophene rings is 1. The summed E-state index contributed by atoms with van der Waals surface area (Å²) in [7, 11) is 0. The van der Waals surface area contributed by atoms with Crippen LogP contribution in [0.25, 0.3) is 11.0 Å². The molecule has 2 N–H and O–H groups in total. The largest absolute Gasteiger partial charge is 0.396 e. The van der Waals surface area contributed by atoms with Gasteiger partial charge in [0.2, 0.25) is 0 Å². The Balaban J connectivity index is 1.45. The number of imidazole rings is 1. The molecule has 0 radical (unpaired) electrons. The summed E-state index contributed by atoms with van der Waals surface area (Å²) in [5.74, 6) is 1.68. The molecule has 2 atom stereocenters. The van der Waals surface area contributed by atoms with Gasteiger partial charge in [-0.3, -0.25) is 4.90 Å². The number of H-pyrrole nitrogens is 1. The van der Waals surface area contributed by atoms with E-state index >= 15 is 0 Å². The Morgan fingerprint density at radius 2 is 2.19 bits per heavy atom. The van der Waals surface area contributed by atoms with Gasteiger partial charge in [0.1, 0.15) is 5.82 Å². The van der Waals surface area contributed by atoms with Crippen LogP contribution in [-0.2, 0) is 19.4 Å². The van der Waals surface area contributed by atoms with Gasteiger partial charge in [-0.15, -0.1) is 11.3 Å². The van der Waals surface area contributed by atoms with E-state index in [2.05, 4.69) is 41.9 Å². The van der Waals surface area contributed by atoms with Crippen molar-refractivity contribution in [2.45, 2.75) is 58.0 Å². The highest BCUT2D eigenvalue weighted by Gasteiger charge is 2.29. The van der Waals surface area contributed by atoms with Gasteiger partial charge in [0, 0.05) is 28.8 Å². The number of aliphatic hydroxyl groups is 1. The van der Waals surface area contributed by atoms with E-state index in [1.807, 2.05) is 23.5 Å². The monoisotopic (exact) mass is 383 g/mol. The van der Waals surface area contributed by atoms with Crippen LogP contribution in [0.1, 0.15) is 53.7 Å². The van der Waals surface area contributed by atoms with Gasteiger partial charge in [-0.25, -0.2) is 4.98 Å². The van der Waals surface area contributed by atoms with Crippen molar-refractivity contribution in [1.82, 2.24) is 14.9 Å². The molecule has 1 fully saturated rings. The Hall–Kier alpha value is -1.69. The van der Waals surface area contributed by atoms with Crippen LogP contribution in [0.2, 0.25) is 0 Å². The minimum Gasteiger partial charge on any atom is -0.396 e. The van der Waals surface area contributed by atoms with E-state index in [9.17, 15) is 5.11 Å². The standard InChI is InChI=1S/C22H29N3OS/c1-3-17-13-18(21(27-17)9-11-26)16-8-10-25(15(2)12-16)14-22-23-19-6-4-5-7-20(19)24-22/h4-7,13,15-16,26H,3,8-12,14H2,1-2H3,(H,23,24). The third-order valence-corrected chi connectivity index (χ3v) is 7.18. The molecule has 1 saturated heterocycles. The van der Waals surface area contributed by atoms with Crippen LogP contribution in [0.15, 0.2) is 30.3 Å². The number of hydrogen-bond acceptors (Lipinski definition) is 4. The molecule has 1 aromatic carbocycles. The van der Waals surface area contributed by atoms with E-state index in [4.69, 9.17) is 4.98 Å². The zero-order valence-electron chi connectivity index (χ0n) is 16.2. The first-order valence-electron chi connectivity index (χ1n) is 10.1. The van der Waals surface area contributed by atoms with Crippen molar-refractivity contribution in [3.8, 4) is 0 Å². The molecule has 0 aliphatic carbocycles. The van der Waals surface area contributed by atoms with Gasteiger partial charge in [-0.1, -0.05) is 19.1 Å². The SMILES string of the molecule is CCc1cc(C2CCN(Cc3nc4ccccc4[nH]3)C(C)C2)c(CCO)s1. The molecule has 0 spiro atoms. The number of para-hydroxylation sites is 2. The maximum absolute atomic E-state index is 9.43. The van der Waals surface area contributed by atoms with Crippen molar-refractivity contribution >= 4 is 22.4 Å².